The van der Waals surface area contributed by atoms with E-state index in [2.05, 4.69) is 13.5 Å². The predicted molar refractivity (Wildman–Crippen MR) is 48.1 cm³/mol. The van der Waals surface area contributed by atoms with Crippen molar-refractivity contribution in [3.8, 4) is 0 Å². The van der Waals surface area contributed by atoms with E-state index in [1.807, 2.05) is 0 Å². The van der Waals surface area contributed by atoms with Gasteiger partial charge in [0.05, 0.1) is 0 Å². The molecule has 0 amide bonds. The predicted octanol–water partition coefficient (Wildman–Crippen LogP) is 3.12. The topological polar surface area (TPSA) is 26.3 Å². The van der Waals surface area contributed by atoms with Gasteiger partial charge < -0.3 is 0 Å². The number of hydrogen-bond donors (Lipinski definition) is 0. The second-order valence-electron chi connectivity index (χ2n) is 2.34. The van der Waals surface area contributed by atoms with Gasteiger partial charge in [-0.1, -0.05) is 26.3 Å². The van der Waals surface area contributed by atoms with Gasteiger partial charge in [0.15, 0.2) is 6.16 Å². The first-order valence-corrected chi connectivity index (χ1v) is 5.36. The summed E-state index contributed by atoms with van der Waals surface area (Å²) < 4.78 is 15.9. The van der Waals surface area contributed by atoms with E-state index in [0.717, 1.165) is 12.8 Å². The van der Waals surface area contributed by atoms with Gasteiger partial charge in [-0.05, 0) is 17.1 Å². The van der Waals surface area contributed by atoms with E-state index in [-0.39, 0.29) is 0 Å². The van der Waals surface area contributed by atoms with E-state index in [1.54, 1.807) is 6.08 Å². The molecule has 0 bridgehead atoms. The summed E-state index contributed by atoms with van der Waals surface area (Å²) in [4.78, 5) is 0. The molecule has 0 aromatic heterocycles. The molecular formula is C8H16O2P+. The van der Waals surface area contributed by atoms with Gasteiger partial charge in [-0.3, -0.25) is 0 Å². The van der Waals surface area contributed by atoms with E-state index in [4.69, 9.17) is 4.52 Å². The minimum absolute atomic E-state index is 0.474. The smallest absolute Gasteiger partial charge is 0.146 e. The molecule has 2 nitrogen and oxygen atoms in total. The molecule has 64 valence electrons. The number of rotatable bonds is 7. The van der Waals surface area contributed by atoms with Crippen LogP contribution in [0.25, 0.3) is 0 Å². The van der Waals surface area contributed by atoms with Crippen LogP contribution in [0.15, 0.2) is 12.7 Å². The first kappa shape index (κ1) is 10.8. The highest BCUT2D eigenvalue weighted by Gasteiger charge is 2.12. The van der Waals surface area contributed by atoms with Crippen molar-refractivity contribution in [2.24, 2.45) is 0 Å². The summed E-state index contributed by atoms with van der Waals surface area (Å²) >= 11 is 0. The maximum atomic E-state index is 10.9. The Kier molecular flexibility index (Phi) is 7.76. The molecule has 0 fully saturated rings. The zero-order valence-electron chi connectivity index (χ0n) is 7.08. The Labute approximate surface area is 69.5 Å². The van der Waals surface area contributed by atoms with Gasteiger partial charge in [-0.25, -0.2) is 0 Å². The fraction of sp³-hybridized carbons (Fsp3) is 0.750. The fourth-order valence-corrected chi connectivity index (χ4v) is 1.33. The van der Waals surface area contributed by atoms with Gasteiger partial charge >= 0.3 is 8.03 Å². The molecule has 0 aliphatic heterocycles. The molecule has 1 unspecified atom stereocenters. The molecule has 0 aliphatic carbocycles. The standard InChI is InChI=1S/C8H16O2P/c1-3-5-6-7-10-11(9)8-4-2/h4H,2-3,5-8H2,1H3/q+1. The Morgan fingerprint density at radius 1 is 1.55 bits per heavy atom. The molecule has 3 heteroatoms. The van der Waals surface area contributed by atoms with Crippen LogP contribution in [0.5, 0.6) is 0 Å². The Bertz CT molecular complexity index is 123. The molecule has 11 heavy (non-hydrogen) atoms. The van der Waals surface area contributed by atoms with Crippen LogP contribution >= 0.6 is 8.03 Å². The van der Waals surface area contributed by atoms with Crippen LogP contribution < -0.4 is 0 Å². The van der Waals surface area contributed by atoms with Crippen LogP contribution in [0.1, 0.15) is 26.2 Å². The van der Waals surface area contributed by atoms with Gasteiger partial charge in [0.25, 0.3) is 0 Å². The first-order valence-electron chi connectivity index (χ1n) is 3.99. The van der Waals surface area contributed by atoms with Gasteiger partial charge in [0.1, 0.15) is 6.61 Å². The average molecular weight is 175 g/mol. The van der Waals surface area contributed by atoms with Crippen LogP contribution in [0.3, 0.4) is 0 Å². The van der Waals surface area contributed by atoms with E-state index in [9.17, 15) is 4.57 Å². The van der Waals surface area contributed by atoms with E-state index >= 15 is 0 Å². The van der Waals surface area contributed by atoms with E-state index in [1.165, 1.54) is 6.42 Å². The quantitative estimate of drug-likeness (QED) is 0.337. The van der Waals surface area contributed by atoms with Crippen molar-refractivity contribution < 1.29 is 9.09 Å². The van der Waals surface area contributed by atoms with Crippen LogP contribution in [-0.2, 0) is 9.09 Å². The van der Waals surface area contributed by atoms with E-state index in [0.29, 0.717) is 12.8 Å². The zero-order valence-corrected chi connectivity index (χ0v) is 7.98. The minimum atomic E-state index is -1.47. The average Bonchev–Trinajstić information content (AvgIpc) is 1.99. The minimum Gasteiger partial charge on any atom is -0.146 e. The summed E-state index contributed by atoms with van der Waals surface area (Å²) in [6.07, 6.45) is 5.42. The van der Waals surface area contributed by atoms with Crippen molar-refractivity contribution in [1.82, 2.24) is 0 Å². The SMILES string of the molecule is C=CC[P+](=O)OCCCCC. The summed E-state index contributed by atoms with van der Waals surface area (Å²) in [5, 5.41) is 0. The lowest BCUT2D eigenvalue weighted by Gasteiger charge is -1.90. The molecule has 0 spiro atoms. The Balaban J connectivity index is 3.10. The molecule has 0 aliphatic rings. The maximum absolute atomic E-state index is 10.9. The van der Waals surface area contributed by atoms with Crippen LogP contribution in [-0.4, -0.2) is 12.8 Å². The lowest BCUT2D eigenvalue weighted by molar-refractivity contribution is 0.319. The van der Waals surface area contributed by atoms with Crippen molar-refractivity contribution in [2.75, 3.05) is 12.8 Å². The highest BCUT2D eigenvalue weighted by molar-refractivity contribution is 7.39. The van der Waals surface area contributed by atoms with Crippen LogP contribution in [0.2, 0.25) is 0 Å². The normalized spacial score (nSPS) is 11.2. The van der Waals surface area contributed by atoms with Gasteiger partial charge in [0, 0.05) is 0 Å². The van der Waals surface area contributed by atoms with Gasteiger partial charge in [-0.15, -0.1) is 4.52 Å². The third-order valence-corrected chi connectivity index (χ3v) is 2.29. The summed E-state index contributed by atoms with van der Waals surface area (Å²) in [6, 6.07) is 0. The maximum Gasteiger partial charge on any atom is 0.512 e. The number of unbranched alkanes of at least 4 members (excludes halogenated alkanes) is 2. The van der Waals surface area contributed by atoms with Crippen LogP contribution in [0.4, 0.5) is 0 Å². The Hall–Kier alpha value is -0.200. The van der Waals surface area contributed by atoms with Crippen molar-refractivity contribution in [3.63, 3.8) is 0 Å². The summed E-state index contributed by atoms with van der Waals surface area (Å²) in [5.74, 6) is 0. The highest BCUT2D eigenvalue weighted by Crippen LogP contribution is 2.21. The largest absolute Gasteiger partial charge is 0.512 e. The molecule has 0 rings (SSSR count). The molecule has 0 saturated carbocycles. The van der Waals surface area contributed by atoms with Crippen molar-refractivity contribution in [3.05, 3.63) is 12.7 Å². The highest BCUT2D eigenvalue weighted by atomic mass is 31.1. The Morgan fingerprint density at radius 2 is 2.27 bits per heavy atom. The van der Waals surface area contributed by atoms with Crippen molar-refractivity contribution in [1.29, 1.82) is 0 Å². The molecule has 1 atom stereocenters. The lowest BCUT2D eigenvalue weighted by atomic mass is 10.3. The van der Waals surface area contributed by atoms with Crippen molar-refractivity contribution >= 4 is 8.03 Å². The fourth-order valence-electron chi connectivity index (χ4n) is 0.677. The molecule has 0 aromatic carbocycles. The summed E-state index contributed by atoms with van der Waals surface area (Å²) in [5.41, 5.74) is 0. The second-order valence-corrected chi connectivity index (χ2v) is 3.63. The second kappa shape index (κ2) is 7.90. The molecule has 0 N–H and O–H groups in total. The lowest BCUT2D eigenvalue weighted by Crippen LogP contribution is -1.86. The number of hydrogen-bond acceptors (Lipinski definition) is 2. The van der Waals surface area contributed by atoms with Gasteiger partial charge in [-0.2, -0.15) is 0 Å². The Morgan fingerprint density at radius 3 is 2.82 bits per heavy atom. The van der Waals surface area contributed by atoms with E-state index < -0.39 is 8.03 Å². The third-order valence-electron chi connectivity index (χ3n) is 1.26. The van der Waals surface area contributed by atoms with Crippen LogP contribution in [0, 0.1) is 0 Å². The first-order chi connectivity index (χ1) is 5.31. The van der Waals surface area contributed by atoms with Gasteiger partial charge in [0.2, 0.25) is 0 Å². The molecule has 0 heterocycles. The zero-order chi connectivity index (χ0) is 8.53. The van der Waals surface area contributed by atoms with Crippen molar-refractivity contribution in [2.45, 2.75) is 26.2 Å². The third kappa shape index (κ3) is 7.70. The number of allylic oxidation sites excluding steroid dienone is 1. The summed E-state index contributed by atoms with van der Waals surface area (Å²) in [7, 11) is -1.47. The summed E-state index contributed by atoms with van der Waals surface area (Å²) in [6.45, 7) is 6.23. The molecule has 0 radical (unpaired) electrons. The molecule has 0 saturated heterocycles. The molecule has 0 aromatic rings. The molecular weight excluding hydrogens is 159 g/mol. The monoisotopic (exact) mass is 175 g/mol.